The molecule has 102 valence electrons. The van der Waals surface area contributed by atoms with E-state index in [-0.39, 0.29) is 11.7 Å². The summed E-state index contributed by atoms with van der Waals surface area (Å²) in [5.41, 5.74) is 6.42. The number of H-pyrrole nitrogens is 1. The van der Waals surface area contributed by atoms with Gasteiger partial charge in [0.05, 0.1) is 5.69 Å². The molecule has 0 aliphatic carbocycles. The van der Waals surface area contributed by atoms with E-state index in [9.17, 15) is 4.79 Å². The molecular formula is C12H17N5OS. The first-order chi connectivity index (χ1) is 9.11. The zero-order valence-electron chi connectivity index (χ0n) is 11.0. The monoisotopic (exact) mass is 279 g/mol. The highest BCUT2D eigenvalue weighted by atomic mass is 32.2. The van der Waals surface area contributed by atoms with Crippen LogP contribution in [0.1, 0.15) is 32.0 Å². The van der Waals surface area contributed by atoms with E-state index in [0.717, 1.165) is 17.0 Å². The van der Waals surface area contributed by atoms with Crippen molar-refractivity contribution in [1.29, 1.82) is 0 Å². The average Bonchev–Trinajstić information content (AvgIpc) is 2.73. The normalized spacial score (nSPS) is 12.6. The maximum atomic E-state index is 11.6. The Morgan fingerprint density at radius 2 is 2.32 bits per heavy atom. The first kappa shape index (κ1) is 13.8. The van der Waals surface area contributed by atoms with Crippen molar-refractivity contribution in [2.24, 2.45) is 5.73 Å². The van der Waals surface area contributed by atoms with E-state index in [2.05, 4.69) is 15.2 Å². The first-order valence-corrected chi connectivity index (χ1v) is 6.98. The summed E-state index contributed by atoms with van der Waals surface area (Å²) in [6.07, 6.45) is 2.63. The number of nitrogens with zero attached hydrogens (tertiary/aromatic N) is 3. The van der Waals surface area contributed by atoms with Crippen LogP contribution in [-0.4, -0.2) is 19.7 Å². The van der Waals surface area contributed by atoms with Crippen molar-refractivity contribution in [3.8, 4) is 0 Å². The molecule has 0 saturated carbocycles. The number of hydrogen-bond donors (Lipinski definition) is 2. The lowest BCUT2D eigenvalue weighted by Crippen LogP contribution is -2.17. The van der Waals surface area contributed by atoms with E-state index in [1.165, 1.54) is 11.8 Å². The molecule has 1 atom stereocenters. The summed E-state index contributed by atoms with van der Waals surface area (Å²) < 4.78 is 1.63. The second kappa shape index (κ2) is 6.03. The van der Waals surface area contributed by atoms with Gasteiger partial charge in [-0.25, -0.2) is 9.89 Å². The van der Waals surface area contributed by atoms with Crippen LogP contribution in [0.25, 0.3) is 0 Å². The Bertz CT molecular complexity index is 587. The van der Waals surface area contributed by atoms with Gasteiger partial charge in [0, 0.05) is 23.7 Å². The minimum Gasteiger partial charge on any atom is -0.323 e. The van der Waals surface area contributed by atoms with Gasteiger partial charge in [0.2, 0.25) is 0 Å². The van der Waals surface area contributed by atoms with Gasteiger partial charge < -0.3 is 5.73 Å². The maximum absolute atomic E-state index is 11.6. The Morgan fingerprint density at radius 1 is 1.53 bits per heavy atom. The van der Waals surface area contributed by atoms with E-state index in [4.69, 9.17) is 5.73 Å². The third kappa shape index (κ3) is 3.24. The summed E-state index contributed by atoms with van der Waals surface area (Å²) in [7, 11) is 0. The lowest BCUT2D eigenvalue weighted by molar-refractivity contribution is 0.604. The Hall–Kier alpha value is -1.60. The third-order valence-corrected chi connectivity index (χ3v) is 3.58. The van der Waals surface area contributed by atoms with Gasteiger partial charge in [0.1, 0.15) is 0 Å². The van der Waals surface area contributed by atoms with Gasteiger partial charge >= 0.3 is 5.69 Å². The zero-order valence-corrected chi connectivity index (χ0v) is 11.8. The fourth-order valence-electron chi connectivity index (χ4n) is 1.63. The van der Waals surface area contributed by atoms with E-state index in [1.807, 2.05) is 26.0 Å². The summed E-state index contributed by atoms with van der Waals surface area (Å²) >= 11 is 1.41. The summed E-state index contributed by atoms with van der Waals surface area (Å²) in [5.74, 6) is 0. The van der Waals surface area contributed by atoms with Gasteiger partial charge in [-0.15, -0.1) is 5.10 Å². The fraction of sp³-hybridized carbons (Fsp3) is 0.417. The van der Waals surface area contributed by atoms with Gasteiger partial charge in [-0.05, 0) is 37.2 Å². The van der Waals surface area contributed by atoms with Crippen LogP contribution in [0.3, 0.4) is 0 Å². The van der Waals surface area contributed by atoms with E-state index >= 15 is 0 Å². The van der Waals surface area contributed by atoms with Crippen molar-refractivity contribution in [3.05, 3.63) is 34.5 Å². The molecule has 2 aromatic rings. The minimum absolute atomic E-state index is 0.0808. The molecule has 0 aliphatic heterocycles. The Balaban J connectivity index is 2.19. The first-order valence-electron chi connectivity index (χ1n) is 6.16. The Kier molecular flexibility index (Phi) is 4.39. The van der Waals surface area contributed by atoms with Crippen LogP contribution in [-0.2, 0) is 6.54 Å². The predicted octanol–water partition coefficient (Wildman–Crippen LogP) is 1.55. The molecule has 6 nitrogen and oxygen atoms in total. The molecule has 1 unspecified atom stereocenters. The smallest absolute Gasteiger partial charge is 0.323 e. The van der Waals surface area contributed by atoms with Gasteiger partial charge in [-0.1, -0.05) is 6.92 Å². The quantitative estimate of drug-likeness (QED) is 0.866. The third-order valence-electron chi connectivity index (χ3n) is 2.61. The van der Waals surface area contributed by atoms with Crippen molar-refractivity contribution >= 4 is 11.8 Å². The van der Waals surface area contributed by atoms with Crippen LogP contribution in [0.2, 0.25) is 0 Å². The summed E-state index contributed by atoms with van der Waals surface area (Å²) in [6, 6.07) is 3.75. The van der Waals surface area contributed by atoms with E-state index in [1.54, 1.807) is 10.8 Å². The molecule has 19 heavy (non-hydrogen) atoms. The number of aromatic nitrogens is 4. The molecule has 0 radical (unpaired) electrons. The van der Waals surface area contributed by atoms with Crippen molar-refractivity contribution in [1.82, 2.24) is 19.7 Å². The number of rotatable bonds is 5. The molecule has 0 spiro atoms. The molecule has 0 bridgehead atoms. The van der Waals surface area contributed by atoms with E-state index in [0.29, 0.717) is 11.7 Å². The van der Waals surface area contributed by atoms with Crippen LogP contribution >= 0.6 is 11.8 Å². The topological polar surface area (TPSA) is 89.6 Å². The molecule has 0 aliphatic rings. The van der Waals surface area contributed by atoms with Crippen LogP contribution in [0.15, 0.2) is 33.2 Å². The molecule has 0 amide bonds. The molecule has 2 aromatic heterocycles. The number of nitrogens with one attached hydrogen (secondary N) is 1. The number of pyridine rings is 1. The van der Waals surface area contributed by atoms with Gasteiger partial charge in [-0.3, -0.25) is 9.55 Å². The van der Waals surface area contributed by atoms with Gasteiger partial charge in [-0.2, -0.15) is 0 Å². The van der Waals surface area contributed by atoms with Crippen molar-refractivity contribution < 1.29 is 0 Å². The fourth-order valence-corrected chi connectivity index (χ4v) is 2.46. The lowest BCUT2D eigenvalue weighted by atomic mass is 10.2. The lowest BCUT2D eigenvalue weighted by Gasteiger charge is -2.06. The molecule has 0 fully saturated rings. The molecule has 2 rings (SSSR count). The average molecular weight is 279 g/mol. The SMILES string of the molecule is CCCn1c(Sc2ccc(C(C)N)nc2)n[nH]c1=O. The van der Waals surface area contributed by atoms with Crippen molar-refractivity contribution in [2.45, 2.75) is 42.9 Å². The van der Waals surface area contributed by atoms with Gasteiger partial charge in [0.15, 0.2) is 5.16 Å². The number of hydrogen-bond acceptors (Lipinski definition) is 5. The minimum atomic E-state index is -0.176. The number of nitrogens with two attached hydrogens (primary N) is 1. The molecular weight excluding hydrogens is 262 g/mol. The van der Waals surface area contributed by atoms with Crippen molar-refractivity contribution in [3.63, 3.8) is 0 Å². The standard InChI is InChI=1S/C12H17N5OS/c1-3-6-17-11(18)15-16-12(17)19-9-4-5-10(8(2)13)14-7-9/h4-5,7-8H,3,6,13H2,1-2H3,(H,15,18). The summed E-state index contributed by atoms with van der Waals surface area (Å²) in [6.45, 7) is 4.57. The predicted molar refractivity (Wildman–Crippen MR) is 74.1 cm³/mol. The molecule has 0 aromatic carbocycles. The molecule has 2 heterocycles. The van der Waals surface area contributed by atoms with Crippen LogP contribution in [0, 0.1) is 0 Å². The van der Waals surface area contributed by atoms with Crippen LogP contribution in [0.4, 0.5) is 0 Å². The summed E-state index contributed by atoms with van der Waals surface area (Å²) in [4.78, 5) is 16.8. The molecule has 3 N–H and O–H groups in total. The Labute approximate surface area is 115 Å². The van der Waals surface area contributed by atoms with Crippen molar-refractivity contribution in [2.75, 3.05) is 0 Å². The molecule has 0 saturated heterocycles. The second-order valence-corrected chi connectivity index (χ2v) is 5.31. The van der Waals surface area contributed by atoms with Crippen LogP contribution < -0.4 is 11.4 Å². The van der Waals surface area contributed by atoms with Gasteiger partial charge in [0.25, 0.3) is 0 Å². The zero-order chi connectivity index (χ0) is 13.8. The highest BCUT2D eigenvalue weighted by Crippen LogP contribution is 2.24. The largest absolute Gasteiger partial charge is 0.343 e. The van der Waals surface area contributed by atoms with Crippen LogP contribution in [0.5, 0.6) is 0 Å². The number of aromatic amines is 1. The maximum Gasteiger partial charge on any atom is 0.343 e. The highest BCUT2D eigenvalue weighted by Gasteiger charge is 2.09. The Morgan fingerprint density at radius 3 is 2.89 bits per heavy atom. The highest BCUT2D eigenvalue weighted by molar-refractivity contribution is 7.99. The van der Waals surface area contributed by atoms with E-state index < -0.39 is 0 Å². The molecule has 7 heteroatoms. The second-order valence-electron chi connectivity index (χ2n) is 4.27. The summed E-state index contributed by atoms with van der Waals surface area (Å²) in [5, 5.41) is 7.15.